The highest BCUT2D eigenvalue weighted by Crippen LogP contribution is 2.19. The van der Waals surface area contributed by atoms with Gasteiger partial charge in [0.25, 0.3) is 0 Å². The number of nitrogens with zero attached hydrogens (tertiary/aromatic N) is 3. The first kappa shape index (κ1) is 23.7. The van der Waals surface area contributed by atoms with Crippen molar-refractivity contribution in [3.05, 3.63) is 35.9 Å². The lowest BCUT2D eigenvalue weighted by Gasteiger charge is -2.33. The molecular weight excluding hydrogens is 416 g/mol. The van der Waals surface area contributed by atoms with Gasteiger partial charge in [-0.05, 0) is 38.9 Å². The van der Waals surface area contributed by atoms with Gasteiger partial charge in [0.2, 0.25) is 0 Å². The third kappa shape index (κ3) is 7.02. The maximum Gasteiger partial charge on any atom is 0.312 e. The van der Waals surface area contributed by atoms with Crippen molar-refractivity contribution in [3.8, 4) is 0 Å². The molecule has 1 N–H and O–H groups in total. The van der Waals surface area contributed by atoms with Gasteiger partial charge >= 0.3 is 11.8 Å². The summed E-state index contributed by atoms with van der Waals surface area (Å²) in [7, 11) is 0.630. The average molecular weight is 451 g/mol. The van der Waals surface area contributed by atoms with E-state index in [-0.39, 0.29) is 17.5 Å². The zero-order chi connectivity index (χ0) is 22.4. The highest BCUT2D eigenvalue weighted by molar-refractivity contribution is 7.91. The number of nitrogens with one attached hydrogen (secondary N) is 1. The van der Waals surface area contributed by atoms with Crippen LogP contribution in [0.1, 0.15) is 24.8 Å². The number of carbonyl (C=O) groups excluding carboxylic acids is 2. The van der Waals surface area contributed by atoms with E-state index >= 15 is 0 Å². The first-order chi connectivity index (χ1) is 14.7. The lowest BCUT2D eigenvalue weighted by Crippen LogP contribution is -2.53. The summed E-state index contributed by atoms with van der Waals surface area (Å²) < 4.78 is 23.8. The molecule has 1 aromatic carbocycles. The lowest BCUT2D eigenvalue weighted by atomic mass is 10.0. The molecule has 2 amide bonds. The van der Waals surface area contributed by atoms with Crippen LogP contribution in [0.2, 0.25) is 0 Å². The van der Waals surface area contributed by atoms with Crippen LogP contribution in [0.15, 0.2) is 30.3 Å². The molecule has 2 heterocycles. The summed E-state index contributed by atoms with van der Waals surface area (Å²) in [5.41, 5.74) is 1.27. The second kappa shape index (κ2) is 10.6. The third-order valence-corrected chi connectivity index (χ3v) is 7.81. The van der Waals surface area contributed by atoms with E-state index in [0.29, 0.717) is 19.5 Å². The molecule has 0 aliphatic carbocycles. The lowest BCUT2D eigenvalue weighted by molar-refractivity contribution is -0.147. The summed E-state index contributed by atoms with van der Waals surface area (Å²) in [6.07, 6.45) is 1.98. The monoisotopic (exact) mass is 450 g/mol. The number of amides is 2. The third-order valence-electron chi connectivity index (χ3n) is 6.06. The summed E-state index contributed by atoms with van der Waals surface area (Å²) in [5.74, 6) is -1.22. The second-order valence-electron chi connectivity index (χ2n) is 8.87. The zero-order valence-corrected chi connectivity index (χ0v) is 19.3. The number of likely N-dealkylation sites (N-methyl/N-ethyl adjacent to an activating group) is 1. The Bertz CT molecular complexity index is 852. The van der Waals surface area contributed by atoms with Gasteiger partial charge < -0.3 is 15.1 Å². The van der Waals surface area contributed by atoms with Gasteiger partial charge in [-0.15, -0.1) is 0 Å². The van der Waals surface area contributed by atoms with E-state index < -0.39 is 27.7 Å². The van der Waals surface area contributed by atoms with Crippen molar-refractivity contribution in [3.63, 3.8) is 0 Å². The number of likely N-dealkylation sites (tertiary alicyclic amines) is 1. The minimum Gasteiger partial charge on any atom is -0.345 e. The van der Waals surface area contributed by atoms with Crippen LogP contribution < -0.4 is 5.32 Å². The van der Waals surface area contributed by atoms with Gasteiger partial charge in [-0.3, -0.25) is 14.5 Å². The molecule has 1 aromatic rings. The Balaban J connectivity index is 1.52. The van der Waals surface area contributed by atoms with E-state index in [0.717, 1.165) is 32.5 Å². The number of benzene rings is 1. The minimum atomic E-state index is -3.14. The highest BCUT2D eigenvalue weighted by Gasteiger charge is 2.37. The molecule has 9 heteroatoms. The van der Waals surface area contributed by atoms with E-state index in [1.807, 2.05) is 37.2 Å². The quantitative estimate of drug-likeness (QED) is 0.603. The molecule has 2 saturated heterocycles. The average Bonchev–Trinajstić information content (AvgIpc) is 3.09. The van der Waals surface area contributed by atoms with Gasteiger partial charge in [-0.25, -0.2) is 8.42 Å². The van der Waals surface area contributed by atoms with Crippen molar-refractivity contribution >= 4 is 21.7 Å². The Morgan fingerprint density at radius 3 is 2.32 bits per heavy atom. The van der Waals surface area contributed by atoms with Gasteiger partial charge in [-0.2, -0.15) is 0 Å². The fraction of sp³-hybridized carbons (Fsp3) is 0.636. The topological polar surface area (TPSA) is 90.0 Å². The molecule has 2 fully saturated rings. The standard InChI is InChI=1S/C22H34N4O4S/c1-24(2)13-14-26(20-10-15-31(29,30)17-20)22(28)21(27)23-19-8-11-25(12-9-19)16-18-6-4-3-5-7-18/h3-7,19-20H,8-17H2,1-2H3,(H,23,27). The Morgan fingerprint density at radius 1 is 1.06 bits per heavy atom. The van der Waals surface area contributed by atoms with Crippen LogP contribution in [0.3, 0.4) is 0 Å². The van der Waals surface area contributed by atoms with Crippen LogP contribution in [-0.2, 0) is 26.0 Å². The number of hydrogen-bond acceptors (Lipinski definition) is 6. The van der Waals surface area contributed by atoms with Crippen LogP contribution in [0.5, 0.6) is 0 Å². The van der Waals surface area contributed by atoms with Crippen LogP contribution in [0.25, 0.3) is 0 Å². The van der Waals surface area contributed by atoms with E-state index in [1.54, 1.807) is 0 Å². The van der Waals surface area contributed by atoms with Crippen molar-refractivity contribution in [2.45, 2.75) is 37.9 Å². The Labute approximate surface area is 185 Å². The number of piperidine rings is 1. The van der Waals surface area contributed by atoms with Gasteiger partial charge in [0.1, 0.15) is 0 Å². The zero-order valence-electron chi connectivity index (χ0n) is 18.5. The first-order valence-electron chi connectivity index (χ1n) is 11.0. The summed E-state index contributed by atoms with van der Waals surface area (Å²) in [5, 5.41) is 2.90. The van der Waals surface area contributed by atoms with Crippen molar-refractivity contribution in [2.75, 3.05) is 51.8 Å². The molecule has 0 saturated carbocycles. The predicted molar refractivity (Wildman–Crippen MR) is 120 cm³/mol. The smallest absolute Gasteiger partial charge is 0.312 e. The largest absolute Gasteiger partial charge is 0.345 e. The number of rotatable bonds is 7. The van der Waals surface area contributed by atoms with Crippen LogP contribution in [0, 0.1) is 0 Å². The van der Waals surface area contributed by atoms with Crippen LogP contribution >= 0.6 is 0 Å². The summed E-state index contributed by atoms with van der Waals surface area (Å²) in [4.78, 5) is 31.4. The van der Waals surface area contributed by atoms with Crippen molar-refractivity contribution in [1.29, 1.82) is 0 Å². The molecular formula is C22H34N4O4S. The van der Waals surface area contributed by atoms with Crippen LogP contribution in [0.4, 0.5) is 0 Å². The van der Waals surface area contributed by atoms with Gasteiger partial charge in [0.05, 0.1) is 11.5 Å². The molecule has 1 atom stereocenters. The second-order valence-corrected chi connectivity index (χ2v) is 11.1. The van der Waals surface area contributed by atoms with Crippen molar-refractivity contribution < 1.29 is 18.0 Å². The van der Waals surface area contributed by atoms with Crippen LogP contribution in [-0.4, -0.2) is 98.8 Å². The summed E-state index contributed by atoms with van der Waals surface area (Å²) in [6, 6.07) is 9.83. The molecule has 31 heavy (non-hydrogen) atoms. The normalized spacial score (nSPS) is 21.8. The summed E-state index contributed by atoms with van der Waals surface area (Å²) in [6.45, 7) is 3.52. The van der Waals surface area contributed by atoms with E-state index in [9.17, 15) is 18.0 Å². The number of hydrogen-bond donors (Lipinski definition) is 1. The Hall–Kier alpha value is -1.97. The summed E-state index contributed by atoms with van der Waals surface area (Å²) >= 11 is 0. The van der Waals surface area contributed by atoms with E-state index in [2.05, 4.69) is 22.3 Å². The molecule has 0 bridgehead atoms. The molecule has 1 unspecified atom stereocenters. The molecule has 2 aliphatic rings. The molecule has 2 aliphatic heterocycles. The Morgan fingerprint density at radius 2 is 1.74 bits per heavy atom. The molecule has 172 valence electrons. The molecule has 0 aromatic heterocycles. The van der Waals surface area contributed by atoms with Gasteiger partial charge in [0, 0.05) is 44.8 Å². The number of sulfone groups is 1. The Kier molecular flexibility index (Phi) is 8.07. The molecule has 3 rings (SSSR count). The minimum absolute atomic E-state index is 0.0357. The van der Waals surface area contributed by atoms with Crippen molar-refractivity contribution in [1.82, 2.24) is 20.0 Å². The fourth-order valence-corrected chi connectivity index (χ4v) is 5.96. The van der Waals surface area contributed by atoms with Gasteiger partial charge in [-0.1, -0.05) is 30.3 Å². The molecule has 0 radical (unpaired) electrons. The van der Waals surface area contributed by atoms with E-state index in [4.69, 9.17) is 0 Å². The first-order valence-corrected chi connectivity index (χ1v) is 12.8. The maximum atomic E-state index is 12.9. The SMILES string of the molecule is CN(C)CCN(C(=O)C(=O)NC1CCN(Cc2ccccc2)CC1)C1CCS(=O)(=O)C1. The van der Waals surface area contributed by atoms with E-state index in [1.165, 1.54) is 10.5 Å². The fourth-order valence-electron chi connectivity index (χ4n) is 4.23. The molecule has 8 nitrogen and oxygen atoms in total. The molecule has 0 spiro atoms. The van der Waals surface area contributed by atoms with Crippen molar-refractivity contribution in [2.24, 2.45) is 0 Å². The maximum absolute atomic E-state index is 12.9. The number of carbonyl (C=O) groups is 2. The predicted octanol–water partition coefficient (Wildman–Crippen LogP) is 0.345. The van der Waals surface area contributed by atoms with Gasteiger partial charge in [0.15, 0.2) is 9.84 Å². The highest BCUT2D eigenvalue weighted by atomic mass is 32.2.